The molecular weight excluding hydrogens is 344 g/mol. The Morgan fingerprint density at radius 2 is 2.12 bits per heavy atom. The van der Waals surface area contributed by atoms with Crippen LogP contribution in [0.3, 0.4) is 0 Å². The Hall–Kier alpha value is -2.93. The molecule has 128 valence electrons. The van der Waals surface area contributed by atoms with Crippen molar-refractivity contribution in [2.45, 2.75) is 6.42 Å². The van der Waals surface area contributed by atoms with E-state index < -0.39 is 11.9 Å². The zero-order valence-corrected chi connectivity index (χ0v) is 14.2. The van der Waals surface area contributed by atoms with Crippen LogP contribution in [-0.4, -0.2) is 39.5 Å². The number of carbonyl (C=O) groups excluding carboxylic acids is 2. The van der Waals surface area contributed by atoms with Gasteiger partial charge in [0.2, 0.25) is 0 Å². The molecule has 0 fully saturated rings. The van der Waals surface area contributed by atoms with E-state index in [0.717, 1.165) is 5.56 Å². The second-order valence-electron chi connectivity index (χ2n) is 5.22. The summed E-state index contributed by atoms with van der Waals surface area (Å²) in [6, 6.07) is 8.17. The molecule has 3 rings (SSSR count). The highest BCUT2D eigenvalue weighted by Gasteiger charge is 2.16. The molecule has 1 aromatic carbocycles. The average molecular weight is 359 g/mol. The molecule has 0 aliphatic rings. The molecule has 0 radical (unpaired) electrons. The molecule has 7 nitrogen and oxygen atoms in total. The number of ether oxygens (including phenoxy) is 1. The zero-order chi connectivity index (χ0) is 17.8. The molecule has 2 aromatic heterocycles. The molecule has 0 bridgehead atoms. The number of amides is 1. The van der Waals surface area contributed by atoms with Crippen molar-refractivity contribution < 1.29 is 14.3 Å². The van der Waals surface area contributed by atoms with E-state index in [4.69, 9.17) is 16.3 Å². The van der Waals surface area contributed by atoms with E-state index >= 15 is 0 Å². The Labute approximate surface area is 148 Å². The van der Waals surface area contributed by atoms with Crippen molar-refractivity contribution >= 4 is 34.8 Å². The molecule has 0 saturated carbocycles. The van der Waals surface area contributed by atoms with Gasteiger partial charge in [-0.15, -0.1) is 11.6 Å². The van der Waals surface area contributed by atoms with Gasteiger partial charge < -0.3 is 10.1 Å². The highest BCUT2D eigenvalue weighted by Crippen LogP contribution is 2.17. The summed E-state index contributed by atoms with van der Waals surface area (Å²) in [6.07, 6.45) is 4.15. The van der Waals surface area contributed by atoms with Gasteiger partial charge in [-0.1, -0.05) is 12.1 Å². The van der Waals surface area contributed by atoms with Crippen LogP contribution in [0.25, 0.3) is 5.65 Å². The Morgan fingerprint density at radius 3 is 2.88 bits per heavy atom. The SMILES string of the molecule is COC(=O)c1ccccc1NC(=O)c1cc2ncc(CCCl)cn2n1. The number of aryl methyl sites for hydroxylation is 1. The summed E-state index contributed by atoms with van der Waals surface area (Å²) in [4.78, 5) is 28.5. The first kappa shape index (κ1) is 16.9. The normalized spacial score (nSPS) is 10.6. The molecule has 25 heavy (non-hydrogen) atoms. The molecular formula is C17H15ClN4O3. The lowest BCUT2D eigenvalue weighted by Gasteiger charge is -2.08. The second kappa shape index (κ2) is 7.31. The van der Waals surface area contributed by atoms with Gasteiger partial charge in [-0.25, -0.2) is 14.3 Å². The summed E-state index contributed by atoms with van der Waals surface area (Å²) in [7, 11) is 1.28. The van der Waals surface area contributed by atoms with E-state index in [1.807, 2.05) is 0 Å². The lowest BCUT2D eigenvalue weighted by atomic mass is 10.1. The average Bonchev–Trinajstić information content (AvgIpc) is 3.05. The number of benzene rings is 1. The van der Waals surface area contributed by atoms with Gasteiger partial charge in [-0.05, 0) is 24.1 Å². The minimum absolute atomic E-state index is 0.190. The maximum atomic E-state index is 12.5. The quantitative estimate of drug-likeness (QED) is 0.559. The number of rotatable bonds is 5. The zero-order valence-electron chi connectivity index (χ0n) is 13.4. The number of methoxy groups -OCH3 is 1. The van der Waals surface area contributed by atoms with Gasteiger partial charge >= 0.3 is 5.97 Å². The van der Waals surface area contributed by atoms with E-state index in [0.29, 0.717) is 23.6 Å². The van der Waals surface area contributed by atoms with Crippen LogP contribution in [0, 0.1) is 0 Å². The Bertz CT molecular complexity index is 939. The standard InChI is InChI=1S/C17H15ClN4O3/c1-25-17(24)12-4-2-3-5-13(12)20-16(23)14-8-15-19-9-11(6-7-18)10-22(15)21-14/h2-5,8-10H,6-7H2,1H3,(H,20,23). The van der Waals surface area contributed by atoms with Crippen molar-refractivity contribution in [3.63, 3.8) is 0 Å². The molecule has 0 atom stereocenters. The molecule has 0 unspecified atom stereocenters. The predicted molar refractivity (Wildman–Crippen MR) is 93.1 cm³/mol. The highest BCUT2D eigenvalue weighted by atomic mass is 35.5. The fraction of sp³-hybridized carbons (Fsp3) is 0.176. The van der Waals surface area contributed by atoms with Crippen LogP contribution in [0.5, 0.6) is 0 Å². The van der Waals surface area contributed by atoms with Crippen LogP contribution in [0.4, 0.5) is 5.69 Å². The molecule has 0 aliphatic heterocycles. The minimum Gasteiger partial charge on any atom is -0.465 e. The second-order valence-corrected chi connectivity index (χ2v) is 5.60. The third-order valence-electron chi connectivity index (χ3n) is 3.56. The molecule has 2 heterocycles. The first-order chi connectivity index (χ1) is 12.1. The topological polar surface area (TPSA) is 85.6 Å². The number of para-hydroxylation sites is 1. The maximum Gasteiger partial charge on any atom is 0.339 e. The van der Waals surface area contributed by atoms with Crippen molar-refractivity contribution in [3.8, 4) is 0 Å². The summed E-state index contributed by atoms with van der Waals surface area (Å²) in [6.45, 7) is 0. The number of alkyl halides is 1. The molecule has 0 spiro atoms. The fourth-order valence-electron chi connectivity index (χ4n) is 2.33. The summed E-state index contributed by atoms with van der Waals surface area (Å²) in [5, 5.41) is 6.91. The fourth-order valence-corrected chi connectivity index (χ4v) is 2.55. The number of fused-ring (bicyclic) bond motifs is 1. The van der Waals surface area contributed by atoms with Crippen LogP contribution >= 0.6 is 11.6 Å². The molecule has 1 amide bonds. The van der Waals surface area contributed by atoms with Crippen molar-refractivity contribution in [2.75, 3.05) is 18.3 Å². The molecule has 0 saturated heterocycles. The smallest absolute Gasteiger partial charge is 0.339 e. The summed E-state index contributed by atoms with van der Waals surface area (Å²) in [5.74, 6) is -0.495. The van der Waals surface area contributed by atoms with Crippen molar-refractivity contribution in [3.05, 3.63) is 59.5 Å². The lowest BCUT2D eigenvalue weighted by molar-refractivity contribution is 0.0602. The number of halogens is 1. The number of aromatic nitrogens is 3. The van der Waals surface area contributed by atoms with Gasteiger partial charge in [0.05, 0.1) is 18.4 Å². The van der Waals surface area contributed by atoms with Gasteiger partial charge in [0, 0.05) is 24.3 Å². The largest absolute Gasteiger partial charge is 0.465 e. The third-order valence-corrected chi connectivity index (χ3v) is 3.75. The lowest BCUT2D eigenvalue weighted by Crippen LogP contribution is -2.16. The van der Waals surface area contributed by atoms with Gasteiger partial charge in [-0.2, -0.15) is 5.10 Å². The van der Waals surface area contributed by atoms with Crippen molar-refractivity contribution in [1.29, 1.82) is 0 Å². The van der Waals surface area contributed by atoms with Crippen molar-refractivity contribution in [1.82, 2.24) is 14.6 Å². The third kappa shape index (κ3) is 3.61. The van der Waals surface area contributed by atoms with Crippen LogP contribution < -0.4 is 5.32 Å². The van der Waals surface area contributed by atoms with E-state index in [9.17, 15) is 9.59 Å². The number of hydrogen-bond donors (Lipinski definition) is 1. The predicted octanol–water partition coefficient (Wildman–Crippen LogP) is 2.55. The van der Waals surface area contributed by atoms with E-state index in [1.165, 1.54) is 11.6 Å². The molecule has 8 heteroatoms. The number of hydrogen-bond acceptors (Lipinski definition) is 5. The van der Waals surface area contributed by atoms with E-state index in [-0.39, 0.29) is 11.3 Å². The number of nitrogens with one attached hydrogen (secondary N) is 1. The molecule has 0 aliphatic carbocycles. The minimum atomic E-state index is -0.529. The van der Waals surface area contributed by atoms with Gasteiger partial charge in [0.25, 0.3) is 5.91 Å². The number of anilines is 1. The Balaban J connectivity index is 1.87. The van der Waals surface area contributed by atoms with E-state index in [2.05, 4.69) is 15.4 Å². The Morgan fingerprint density at radius 1 is 1.32 bits per heavy atom. The maximum absolute atomic E-state index is 12.5. The van der Waals surface area contributed by atoms with Gasteiger partial charge in [0.15, 0.2) is 11.3 Å². The van der Waals surface area contributed by atoms with Crippen LogP contribution in [0.15, 0.2) is 42.7 Å². The first-order valence-corrected chi connectivity index (χ1v) is 8.05. The number of nitrogens with zero attached hydrogens (tertiary/aromatic N) is 3. The summed E-state index contributed by atoms with van der Waals surface area (Å²) >= 11 is 5.73. The van der Waals surface area contributed by atoms with Crippen LogP contribution in [0.2, 0.25) is 0 Å². The van der Waals surface area contributed by atoms with Gasteiger partial charge in [-0.3, -0.25) is 4.79 Å². The summed E-state index contributed by atoms with van der Waals surface area (Å²) < 4.78 is 6.25. The molecule has 3 aromatic rings. The summed E-state index contributed by atoms with van der Waals surface area (Å²) in [5.41, 5.74) is 2.28. The monoisotopic (exact) mass is 358 g/mol. The van der Waals surface area contributed by atoms with Gasteiger partial charge in [0.1, 0.15) is 0 Å². The van der Waals surface area contributed by atoms with Crippen molar-refractivity contribution in [2.24, 2.45) is 0 Å². The highest BCUT2D eigenvalue weighted by molar-refractivity contribution is 6.18. The van der Waals surface area contributed by atoms with E-state index in [1.54, 1.807) is 42.7 Å². The molecule has 1 N–H and O–H groups in total. The van der Waals surface area contributed by atoms with Crippen LogP contribution in [0.1, 0.15) is 26.4 Å². The Kier molecular flexibility index (Phi) is 4.95. The first-order valence-electron chi connectivity index (χ1n) is 7.51. The number of carbonyl (C=O) groups is 2. The number of esters is 1. The van der Waals surface area contributed by atoms with Crippen LogP contribution in [-0.2, 0) is 11.2 Å².